The topological polar surface area (TPSA) is 18.5 Å². The molecule has 3 unspecified atom stereocenters. The Kier molecular flexibility index (Phi) is 6.51. The summed E-state index contributed by atoms with van der Waals surface area (Å²) in [6.07, 6.45) is 11.1. The van der Waals surface area contributed by atoms with Crippen LogP contribution in [-0.4, -0.2) is 62.2 Å². The van der Waals surface area contributed by atoms with Crippen LogP contribution in [0, 0.1) is 5.92 Å². The summed E-state index contributed by atoms with van der Waals surface area (Å²) in [5.41, 5.74) is 0.399. The molecule has 1 aliphatic carbocycles. The van der Waals surface area contributed by atoms with Crippen LogP contribution < -0.4 is 5.32 Å². The molecule has 0 amide bonds. The molecule has 124 valence electrons. The van der Waals surface area contributed by atoms with E-state index in [1.54, 1.807) is 0 Å². The van der Waals surface area contributed by atoms with E-state index in [0.29, 0.717) is 5.54 Å². The minimum Gasteiger partial charge on any atom is -0.315 e. The van der Waals surface area contributed by atoms with Gasteiger partial charge in [0.1, 0.15) is 0 Å². The van der Waals surface area contributed by atoms with Crippen LogP contribution in [0.25, 0.3) is 0 Å². The van der Waals surface area contributed by atoms with Crippen molar-refractivity contribution in [1.29, 1.82) is 0 Å². The van der Waals surface area contributed by atoms with Gasteiger partial charge >= 0.3 is 0 Å². The second-order valence-electron chi connectivity index (χ2n) is 7.92. The zero-order valence-electron chi connectivity index (χ0n) is 14.8. The molecule has 2 rings (SSSR count). The first kappa shape index (κ1) is 17.2. The van der Waals surface area contributed by atoms with Crippen molar-refractivity contribution in [2.45, 2.75) is 69.9 Å². The molecule has 0 radical (unpaired) electrons. The summed E-state index contributed by atoms with van der Waals surface area (Å²) in [7, 11) is 6.84. The van der Waals surface area contributed by atoms with Gasteiger partial charge in [0.05, 0.1) is 0 Å². The third kappa shape index (κ3) is 4.67. The van der Waals surface area contributed by atoms with Gasteiger partial charge < -0.3 is 15.1 Å². The first-order valence-corrected chi connectivity index (χ1v) is 9.12. The van der Waals surface area contributed by atoms with Crippen molar-refractivity contribution in [2.75, 3.05) is 40.8 Å². The Labute approximate surface area is 132 Å². The van der Waals surface area contributed by atoms with E-state index in [2.05, 4.69) is 43.2 Å². The normalized spacial score (nSPS) is 35.3. The van der Waals surface area contributed by atoms with Crippen molar-refractivity contribution in [2.24, 2.45) is 5.92 Å². The van der Waals surface area contributed by atoms with E-state index in [-0.39, 0.29) is 0 Å². The van der Waals surface area contributed by atoms with Crippen LogP contribution >= 0.6 is 0 Å². The van der Waals surface area contributed by atoms with Gasteiger partial charge in [0.15, 0.2) is 0 Å². The van der Waals surface area contributed by atoms with Crippen molar-refractivity contribution >= 4 is 0 Å². The Balaban J connectivity index is 1.74. The van der Waals surface area contributed by atoms with E-state index in [9.17, 15) is 0 Å². The quantitative estimate of drug-likeness (QED) is 0.760. The van der Waals surface area contributed by atoms with E-state index in [1.165, 1.54) is 71.0 Å². The molecule has 3 heteroatoms. The minimum absolute atomic E-state index is 0.399. The highest BCUT2D eigenvalue weighted by atomic mass is 15.2. The van der Waals surface area contributed by atoms with Crippen LogP contribution in [0.4, 0.5) is 0 Å². The second kappa shape index (κ2) is 7.94. The van der Waals surface area contributed by atoms with E-state index in [1.807, 2.05) is 0 Å². The van der Waals surface area contributed by atoms with Gasteiger partial charge in [-0.2, -0.15) is 0 Å². The van der Waals surface area contributed by atoms with Gasteiger partial charge in [-0.1, -0.05) is 26.2 Å². The number of hydrogen-bond acceptors (Lipinski definition) is 3. The van der Waals surface area contributed by atoms with E-state index >= 15 is 0 Å². The molecule has 1 N–H and O–H groups in total. The van der Waals surface area contributed by atoms with Crippen molar-refractivity contribution in [3.8, 4) is 0 Å². The molecule has 0 aromatic carbocycles. The minimum atomic E-state index is 0.399. The van der Waals surface area contributed by atoms with Gasteiger partial charge in [-0.25, -0.2) is 0 Å². The van der Waals surface area contributed by atoms with Gasteiger partial charge in [0, 0.05) is 18.1 Å². The summed E-state index contributed by atoms with van der Waals surface area (Å²) in [4.78, 5) is 5.05. The SMILES string of the molecule is CC1CCCC(CNCCC2CCCCN2C)(N(C)C)C1. The fourth-order valence-corrected chi connectivity index (χ4v) is 4.46. The van der Waals surface area contributed by atoms with E-state index in [4.69, 9.17) is 0 Å². The van der Waals surface area contributed by atoms with Crippen molar-refractivity contribution in [3.63, 3.8) is 0 Å². The number of rotatable bonds is 6. The molecule has 2 fully saturated rings. The van der Waals surface area contributed by atoms with Crippen molar-refractivity contribution in [3.05, 3.63) is 0 Å². The first-order chi connectivity index (χ1) is 10.0. The summed E-state index contributed by atoms with van der Waals surface area (Å²) >= 11 is 0. The highest BCUT2D eigenvalue weighted by Gasteiger charge is 2.36. The average molecular weight is 296 g/mol. The molecule has 0 aromatic rings. The van der Waals surface area contributed by atoms with Gasteiger partial charge in [0.25, 0.3) is 0 Å². The number of nitrogens with one attached hydrogen (secondary N) is 1. The van der Waals surface area contributed by atoms with Crippen molar-refractivity contribution < 1.29 is 0 Å². The Bertz CT molecular complexity index is 305. The number of likely N-dealkylation sites (tertiary alicyclic amines) is 1. The lowest BCUT2D eigenvalue weighted by Gasteiger charge is -2.45. The number of piperidine rings is 1. The largest absolute Gasteiger partial charge is 0.315 e. The molecule has 2 aliphatic rings. The second-order valence-corrected chi connectivity index (χ2v) is 7.92. The molecule has 21 heavy (non-hydrogen) atoms. The van der Waals surface area contributed by atoms with Crippen LogP contribution in [-0.2, 0) is 0 Å². The van der Waals surface area contributed by atoms with Crippen molar-refractivity contribution in [1.82, 2.24) is 15.1 Å². The summed E-state index contributed by atoms with van der Waals surface area (Å²) in [5, 5.41) is 3.80. The van der Waals surface area contributed by atoms with Crippen LogP contribution in [0.5, 0.6) is 0 Å². The maximum atomic E-state index is 3.80. The lowest BCUT2D eigenvalue weighted by Crippen LogP contribution is -2.54. The molecule has 0 bridgehead atoms. The highest BCUT2D eigenvalue weighted by Crippen LogP contribution is 2.35. The molecule has 0 aromatic heterocycles. The van der Waals surface area contributed by atoms with Gasteiger partial charge in [-0.05, 0) is 72.3 Å². The summed E-state index contributed by atoms with van der Waals surface area (Å²) in [6, 6.07) is 0.812. The van der Waals surface area contributed by atoms with Gasteiger partial charge in [0.2, 0.25) is 0 Å². The first-order valence-electron chi connectivity index (χ1n) is 9.12. The highest BCUT2D eigenvalue weighted by molar-refractivity contribution is 4.94. The number of hydrogen-bond donors (Lipinski definition) is 1. The predicted molar refractivity (Wildman–Crippen MR) is 91.8 cm³/mol. The van der Waals surface area contributed by atoms with E-state index in [0.717, 1.165) is 12.0 Å². The lowest BCUT2D eigenvalue weighted by atomic mass is 9.75. The Morgan fingerprint density at radius 2 is 2.00 bits per heavy atom. The molecule has 1 saturated carbocycles. The average Bonchev–Trinajstić information content (AvgIpc) is 2.45. The molecular weight excluding hydrogens is 258 g/mol. The van der Waals surface area contributed by atoms with Gasteiger partial charge in [-0.3, -0.25) is 0 Å². The maximum Gasteiger partial charge on any atom is 0.0330 e. The third-order valence-corrected chi connectivity index (χ3v) is 6.05. The predicted octanol–water partition coefficient (Wildman–Crippen LogP) is 2.96. The van der Waals surface area contributed by atoms with Crippen LogP contribution in [0.3, 0.4) is 0 Å². The number of likely N-dealkylation sites (N-methyl/N-ethyl adjacent to an activating group) is 1. The standard InChI is InChI=1S/C18H37N3/c1-16-8-7-11-18(14-16,20(2)3)15-19-12-10-17-9-5-6-13-21(17)4/h16-17,19H,5-15H2,1-4H3. The Morgan fingerprint density at radius 3 is 2.67 bits per heavy atom. The molecular formula is C18H37N3. The summed E-state index contributed by atoms with van der Waals surface area (Å²) < 4.78 is 0. The molecule has 0 spiro atoms. The smallest absolute Gasteiger partial charge is 0.0330 e. The van der Waals surface area contributed by atoms with Crippen LogP contribution in [0.2, 0.25) is 0 Å². The van der Waals surface area contributed by atoms with Crippen LogP contribution in [0.15, 0.2) is 0 Å². The third-order valence-electron chi connectivity index (χ3n) is 6.05. The molecule has 3 atom stereocenters. The fourth-order valence-electron chi connectivity index (χ4n) is 4.46. The van der Waals surface area contributed by atoms with Crippen LogP contribution in [0.1, 0.15) is 58.3 Å². The maximum absolute atomic E-state index is 3.80. The zero-order valence-corrected chi connectivity index (χ0v) is 14.8. The molecule has 3 nitrogen and oxygen atoms in total. The Hall–Kier alpha value is -0.120. The summed E-state index contributed by atoms with van der Waals surface area (Å²) in [6.45, 7) is 6.07. The number of nitrogens with zero attached hydrogens (tertiary/aromatic N) is 2. The van der Waals surface area contributed by atoms with E-state index < -0.39 is 0 Å². The molecule has 1 aliphatic heterocycles. The molecule has 1 saturated heterocycles. The zero-order chi connectivity index (χ0) is 15.3. The monoisotopic (exact) mass is 295 g/mol. The Morgan fingerprint density at radius 1 is 1.19 bits per heavy atom. The fraction of sp³-hybridized carbons (Fsp3) is 1.00. The summed E-state index contributed by atoms with van der Waals surface area (Å²) in [5.74, 6) is 0.882. The lowest BCUT2D eigenvalue weighted by molar-refractivity contribution is 0.0742. The van der Waals surface area contributed by atoms with Gasteiger partial charge in [-0.15, -0.1) is 0 Å². The molecule has 1 heterocycles.